The zero-order valence-corrected chi connectivity index (χ0v) is 10.6. The second kappa shape index (κ2) is 5.17. The van der Waals surface area contributed by atoms with Crippen LogP contribution in [0.4, 0.5) is 0 Å². The van der Waals surface area contributed by atoms with Crippen molar-refractivity contribution in [2.45, 2.75) is 31.5 Å². The Kier molecular flexibility index (Phi) is 3.82. The molecule has 1 aliphatic rings. The second-order valence-electron chi connectivity index (χ2n) is 5.04. The van der Waals surface area contributed by atoms with E-state index in [0.717, 1.165) is 13.0 Å². The first-order chi connectivity index (χ1) is 8.12. The molecule has 1 aromatic carbocycles. The van der Waals surface area contributed by atoms with Crippen LogP contribution in [0.5, 0.6) is 0 Å². The van der Waals surface area contributed by atoms with E-state index >= 15 is 0 Å². The van der Waals surface area contributed by atoms with Gasteiger partial charge in [0.05, 0.1) is 18.3 Å². The number of benzene rings is 1. The quantitative estimate of drug-likeness (QED) is 0.834. The van der Waals surface area contributed by atoms with Crippen LogP contribution < -0.4 is 5.32 Å². The van der Waals surface area contributed by atoms with Gasteiger partial charge in [-0.15, -0.1) is 0 Å². The lowest BCUT2D eigenvalue weighted by Gasteiger charge is -2.32. The molecule has 94 valence electrons. The van der Waals surface area contributed by atoms with Crippen LogP contribution in [-0.2, 0) is 11.2 Å². The average Bonchev–Trinajstić information content (AvgIpc) is 2.29. The van der Waals surface area contributed by atoms with Crippen LogP contribution in [0.25, 0.3) is 0 Å². The first kappa shape index (κ1) is 12.6. The molecule has 0 fully saturated rings. The van der Waals surface area contributed by atoms with Crippen LogP contribution in [0.3, 0.4) is 0 Å². The summed E-state index contributed by atoms with van der Waals surface area (Å²) >= 11 is 0. The molecule has 0 bridgehead atoms. The molecule has 1 aliphatic heterocycles. The van der Waals surface area contributed by atoms with Gasteiger partial charge in [-0.1, -0.05) is 24.3 Å². The number of hydrogen-bond acceptors (Lipinski definition) is 3. The van der Waals surface area contributed by atoms with Gasteiger partial charge < -0.3 is 15.2 Å². The summed E-state index contributed by atoms with van der Waals surface area (Å²) in [4.78, 5) is 0. The molecule has 2 rings (SSSR count). The molecule has 0 radical (unpaired) electrons. The van der Waals surface area contributed by atoms with Crippen LogP contribution in [0.2, 0.25) is 0 Å². The van der Waals surface area contributed by atoms with Gasteiger partial charge in [0.25, 0.3) is 0 Å². The van der Waals surface area contributed by atoms with Crippen molar-refractivity contribution in [2.24, 2.45) is 0 Å². The molecule has 0 spiro atoms. The minimum Gasteiger partial charge on any atom is -0.389 e. The Bertz CT molecular complexity index is 376. The van der Waals surface area contributed by atoms with E-state index in [1.54, 1.807) is 0 Å². The molecule has 3 nitrogen and oxygen atoms in total. The smallest absolute Gasteiger partial charge is 0.0855 e. The fourth-order valence-electron chi connectivity index (χ4n) is 2.50. The lowest BCUT2D eigenvalue weighted by atomic mass is 9.89. The lowest BCUT2D eigenvalue weighted by molar-refractivity contribution is -0.0351. The Morgan fingerprint density at radius 2 is 2.24 bits per heavy atom. The van der Waals surface area contributed by atoms with Crippen LogP contribution >= 0.6 is 0 Å². The van der Waals surface area contributed by atoms with Gasteiger partial charge in [0, 0.05) is 13.0 Å². The van der Waals surface area contributed by atoms with E-state index in [9.17, 15) is 5.11 Å². The first-order valence-corrected chi connectivity index (χ1v) is 6.19. The third-order valence-corrected chi connectivity index (χ3v) is 3.28. The standard InChI is InChI=1S/C14H21NO2/c1-14(16,10-15-2)9-13-12-6-4-3-5-11(12)7-8-17-13/h3-6,13,15-16H,7-10H2,1-2H3. The highest BCUT2D eigenvalue weighted by molar-refractivity contribution is 5.31. The third kappa shape index (κ3) is 3.06. The Morgan fingerprint density at radius 1 is 1.47 bits per heavy atom. The molecule has 0 amide bonds. The monoisotopic (exact) mass is 235 g/mol. The molecule has 17 heavy (non-hydrogen) atoms. The summed E-state index contributed by atoms with van der Waals surface area (Å²) in [5, 5.41) is 13.3. The van der Waals surface area contributed by atoms with E-state index in [4.69, 9.17) is 4.74 Å². The van der Waals surface area contributed by atoms with Crippen molar-refractivity contribution in [3.63, 3.8) is 0 Å². The fourth-order valence-corrected chi connectivity index (χ4v) is 2.50. The molecule has 1 heterocycles. The number of ether oxygens (including phenoxy) is 1. The topological polar surface area (TPSA) is 41.5 Å². The van der Waals surface area contributed by atoms with Crippen LogP contribution in [0.15, 0.2) is 24.3 Å². The van der Waals surface area contributed by atoms with Gasteiger partial charge in [0.2, 0.25) is 0 Å². The average molecular weight is 235 g/mol. The Balaban J connectivity index is 2.13. The minimum atomic E-state index is -0.732. The zero-order chi connectivity index (χ0) is 12.3. The maximum absolute atomic E-state index is 10.2. The molecule has 0 saturated carbocycles. The summed E-state index contributed by atoms with van der Waals surface area (Å²) < 4.78 is 5.80. The molecule has 1 aromatic rings. The number of rotatable bonds is 4. The molecular formula is C14H21NO2. The van der Waals surface area contributed by atoms with Gasteiger partial charge in [-0.25, -0.2) is 0 Å². The predicted octanol–water partition coefficient (Wildman–Crippen LogP) is 1.66. The Hall–Kier alpha value is -0.900. The summed E-state index contributed by atoms with van der Waals surface area (Å²) in [6.07, 6.45) is 1.62. The van der Waals surface area contributed by atoms with Gasteiger partial charge >= 0.3 is 0 Å². The SMILES string of the molecule is CNCC(C)(O)CC1OCCc2ccccc21. The fraction of sp³-hybridized carbons (Fsp3) is 0.571. The Labute approximate surface area is 103 Å². The summed E-state index contributed by atoms with van der Waals surface area (Å²) in [5.41, 5.74) is 1.85. The van der Waals surface area contributed by atoms with E-state index in [1.807, 2.05) is 20.0 Å². The van der Waals surface area contributed by atoms with Crippen molar-refractivity contribution in [2.75, 3.05) is 20.2 Å². The molecule has 0 aromatic heterocycles. The lowest BCUT2D eigenvalue weighted by Crippen LogP contribution is -2.38. The van der Waals surface area contributed by atoms with Gasteiger partial charge in [-0.3, -0.25) is 0 Å². The molecule has 2 atom stereocenters. The van der Waals surface area contributed by atoms with Crippen molar-refractivity contribution < 1.29 is 9.84 Å². The summed E-state index contributed by atoms with van der Waals surface area (Å²) in [7, 11) is 1.85. The highest BCUT2D eigenvalue weighted by atomic mass is 16.5. The van der Waals surface area contributed by atoms with Gasteiger partial charge in [0.15, 0.2) is 0 Å². The summed E-state index contributed by atoms with van der Waals surface area (Å²) in [6, 6.07) is 8.35. The van der Waals surface area contributed by atoms with E-state index in [1.165, 1.54) is 11.1 Å². The third-order valence-electron chi connectivity index (χ3n) is 3.28. The number of fused-ring (bicyclic) bond motifs is 1. The van der Waals surface area contributed by atoms with Crippen LogP contribution in [0.1, 0.15) is 30.6 Å². The molecule has 3 heteroatoms. The van der Waals surface area contributed by atoms with Crippen molar-refractivity contribution in [1.82, 2.24) is 5.32 Å². The number of aliphatic hydroxyl groups is 1. The maximum Gasteiger partial charge on any atom is 0.0855 e. The highest BCUT2D eigenvalue weighted by Crippen LogP contribution is 2.32. The van der Waals surface area contributed by atoms with E-state index in [-0.39, 0.29) is 6.10 Å². The normalized spacial score (nSPS) is 22.9. The summed E-state index contributed by atoms with van der Waals surface area (Å²) in [6.45, 7) is 3.18. The van der Waals surface area contributed by atoms with Crippen molar-refractivity contribution >= 4 is 0 Å². The molecule has 0 aliphatic carbocycles. The van der Waals surface area contributed by atoms with Crippen molar-refractivity contribution in [3.05, 3.63) is 35.4 Å². The van der Waals surface area contributed by atoms with Crippen molar-refractivity contribution in [3.8, 4) is 0 Å². The van der Waals surface area contributed by atoms with Crippen LogP contribution in [0, 0.1) is 0 Å². The second-order valence-corrected chi connectivity index (χ2v) is 5.04. The van der Waals surface area contributed by atoms with E-state index in [2.05, 4.69) is 23.5 Å². The highest BCUT2D eigenvalue weighted by Gasteiger charge is 2.29. The van der Waals surface area contributed by atoms with E-state index in [0.29, 0.717) is 13.0 Å². The minimum absolute atomic E-state index is 0.0169. The molecule has 2 unspecified atom stereocenters. The Morgan fingerprint density at radius 3 is 3.00 bits per heavy atom. The number of nitrogens with one attached hydrogen (secondary N) is 1. The van der Waals surface area contributed by atoms with Gasteiger partial charge in [0.1, 0.15) is 0 Å². The number of likely N-dealkylation sites (N-methyl/N-ethyl adjacent to an activating group) is 1. The predicted molar refractivity (Wildman–Crippen MR) is 68.0 cm³/mol. The summed E-state index contributed by atoms with van der Waals surface area (Å²) in [5.74, 6) is 0. The number of hydrogen-bond donors (Lipinski definition) is 2. The van der Waals surface area contributed by atoms with Gasteiger partial charge in [-0.2, -0.15) is 0 Å². The van der Waals surface area contributed by atoms with Gasteiger partial charge in [-0.05, 0) is 31.5 Å². The zero-order valence-electron chi connectivity index (χ0n) is 10.6. The molecule has 2 N–H and O–H groups in total. The first-order valence-electron chi connectivity index (χ1n) is 6.19. The van der Waals surface area contributed by atoms with Crippen molar-refractivity contribution in [1.29, 1.82) is 0 Å². The largest absolute Gasteiger partial charge is 0.389 e. The molecule has 0 saturated heterocycles. The molecular weight excluding hydrogens is 214 g/mol. The maximum atomic E-state index is 10.2. The van der Waals surface area contributed by atoms with Crippen LogP contribution in [-0.4, -0.2) is 30.9 Å². The van der Waals surface area contributed by atoms with E-state index < -0.39 is 5.60 Å².